The second-order valence-corrected chi connectivity index (χ2v) is 11.2. The molecule has 0 bridgehead atoms. The summed E-state index contributed by atoms with van der Waals surface area (Å²) in [6.07, 6.45) is 3.67. The number of azo groups is 1. The zero-order valence-corrected chi connectivity index (χ0v) is 26.3. The fourth-order valence-corrected chi connectivity index (χ4v) is 4.84. The summed E-state index contributed by atoms with van der Waals surface area (Å²) in [6.45, 7) is 0. The van der Waals surface area contributed by atoms with Gasteiger partial charge < -0.3 is 15.5 Å². The summed E-state index contributed by atoms with van der Waals surface area (Å²) in [5.41, 5.74) is 0.498. The number of nitrogens with one attached hydrogen (secondary N) is 1. The summed E-state index contributed by atoms with van der Waals surface area (Å²) >= 11 is 8.62. The monoisotopic (exact) mass is 749 g/mol. The van der Waals surface area contributed by atoms with E-state index in [0.29, 0.717) is 38.6 Å². The number of thioether (sulfide) groups is 2. The fourth-order valence-electron chi connectivity index (χ4n) is 3.16. The summed E-state index contributed by atoms with van der Waals surface area (Å²) in [5.74, 6) is -0.395. The Morgan fingerprint density at radius 2 is 1.86 bits per heavy atom. The summed E-state index contributed by atoms with van der Waals surface area (Å²) in [4.78, 5) is 16.9. The molecule has 0 saturated carbocycles. The Bertz CT molecular complexity index is 1860. The van der Waals surface area contributed by atoms with Crippen molar-refractivity contribution in [3.63, 3.8) is 0 Å². The van der Waals surface area contributed by atoms with Gasteiger partial charge in [-0.1, -0.05) is 16.8 Å². The molecule has 1 radical (unpaired) electrons. The van der Waals surface area contributed by atoms with Crippen molar-refractivity contribution in [2.45, 2.75) is 14.9 Å². The van der Waals surface area contributed by atoms with Crippen molar-refractivity contribution in [2.24, 2.45) is 10.2 Å². The Hall–Kier alpha value is -3.10. The molecule has 44 heavy (non-hydrogen) atoms. The second kappa shape index (κ2) is 16.3. The van der Waals surface area contributed by atoms with Crippen LogP contribution in [0.15, 0.2) is 67.6 Å². The van der Waals surface area contributed by atoms with E-state index in [1.165, 1.54) is 30.0 Å². The first-order chi connectivity index (χ1) is 20.6. The summed E-state index contributed by atoms with van der Waals surface area (Å²) in [7, 11) is -4.81. The van der Waals surface area contributed by atoms with Gasteiger partial charge in [-0.05, 0) is 81.8 Å². The molecule has 0 saturated heterocycles. The maximum Gasteiger partial charge on any atom is 0.433 e. The van der Waals surface area contributed by atoms with E-state index in [0.717, 1.165) is 11.8 Å². The van der Waals surface area contributed by atoms with Crippen molar-refractivity contribution in [3.05, 3.63) is 47.7 Å². The van der Waals surface area contributed by atoms with Crippen LogP contribution in [0.3, 0.4) is 0 Å². The van der Waals surface area contributed by atoms with Crippen LogP contribution in [0.2, 0.25) is 5.28 Å². The quantitative estimate of drug-likeness (QED) is 0.0169. The molecule has 0 aliphatic rings. The first-order valence-electron chi connectivity index (χ1n) is 11.0. The maximum atomic E-state index is 11.0. The Balaban J connectivity index is 0.00000529. The average Bonchev–Trinajstić information content (AvgIpc) is 2.95. The van der Waals surface area contributed by atoms with Gasteiger partial charge in [0.05, 0.1) is 16.9 Å². The molecule has 235 valence electrons. The number of nitrogens with zero attached hydrogens (tertiary/aromatic N) is 5. The van der Waals surface area contributed by atoms with Crippen molar-refractivity contribution in [1.29, 1.82) is 0 Å². The van der Waals surface area contributed by atoms with Gasteiger partial charge in [0.2, 0.25) is 11.2 Å². The number of rotatable bonds is 11. The smallest absolute Gasteiger partial charge is 0.433 e. The van der Waals surface area contributed by atoms with Gasteiger partial charge in [0, 0.05) is 38.3 Å². The van der Waals surface area contributed by atoms with Gasteiger partial charge in [0.25, 0.3) is 0 Å². The van der Waals surface area contributed by atoms with Gasteiger partial charge in [-0.3, -0.25) is 9.44 Å². The predicted octanol–water partition coefficient (Wildman–Crippen LogP) is 6.16. The van der Waals surface area contributed by atoms with Crippen molar-refractivity contribution >= 4 is 91.3 Å². The number of phenols is 2. The molecule has 4 rings (SSSR count). The third-order valence-corrected chi connectivity index (χ3v) is 7.06. The number of phenolic OH excluding ortho intramolecular Hbond substituents is 2. The van der Waals surface area contributed by atoms with E-state index in [1.54, 1.807) is 30.5 Å². The van der Waals surface area contributed by atoms with Gasteiger partial charge in [-0.25, -0.2) is 5.26 Å². The van der Waals surface area contributed by atoms with Crippen LogP contribution in [-0.2, 0) is 46.1 Å². The van der Waals surface area contributed by atoms with Crippen molar-refractivity contribution in [1.82, 2.24) is 15.0 Å². The third kappa shape index (κ3) is 9.96. The number of benzene rings is 3. The Kier molecular flexibility index (Phi) is 13.1. The number of hydrogen-bond donors (Lipinski definition) is 5. The fraction of sp³-hybridized carbons (Fsp3) is 0.0455. The number of anilines is 2. The van der Waals surface area contributed by atoms with Crippen LogP contribution in [0.25, 0.3) is 10.8 Å². The molecular formula is C22H15ClCuN6O10S4. The number of fused-ring (bicyclic) bond motifs is 1. The standard InChI is InChI=1S/C22H15ClN6O10S4.Cu/c1-40-22-26-20(23)25-21(27-22)24-12-2-4-14-11(8-12)9-17(42-38-37-32)18(19(14)31)29-28-15-5-3-13(10-16(15)30)41-7-6-36-39-43(33,34)35;/h2-5,8-10,30-32H,1H3,(H,33,34,35)(H,24,25,26,27);. The van der Waals surface area contributed by atoms with Gasteiger partial charge >= 0.3 is 10.4 Å². The first kappa shape index (κ1) is 35.4. The molecule has 0 aliphatic heterocycles. The molecule has 0 atom stereocenters. The third-order valence-electron chi connectivity index (χ3n) is 4.81. The molecular weight excluding hydrogens is 736 g/mol. The maximum absolute atomic E-state index is 11.0. The SMILES string of the molecule is CSc1nc(Cl)nc(Nc2ccc3c(O)c(N=Nc4ccc(SC#COOS(=O)(=O)O)cc4O)c(SOOO)cc3c2)n1.[Cu]. The van der Waals surface area contributed by atoms with Gasteiger partial charge in [-0.2, -0.15) is 23.4 Å². The molecule has 4 aromatic rings. The molecule has 22 heteroatoms. The average molecular weight is 751 g/mol. The Morgan fingerprint density at radius 1 is 1.07 bits per heavy atom. The summed E-state index contributed by atoms with van der Waals surface area (Å²) in [5, 5.41) is 48.5. The molecule has 0 fully saturated rings. The molecule has 0 spiro atoms. The molecule has 0 aliphatic carbocycles. The number of aromatic nitrogens is 3. The van der Waals surface area contributed by atoms with Crippen LogP contribution in [0.1, 0.15) is 0 Å². The van der Waals surface area contributed by atoms with E-state index in [-0.39, 0.29) is 56.1 Å². The number of halogens is 1. The molecule has 16 nitrogen and oxygen atoms in total. The number of hydrogen-bond acceptors (Lipinski definition) is 18. The Labute approximate surface area is 276 Å². The predicted molar refractivity (Wildman–Crippen MR) is 156 cm³/mol. The summed E-state index contributed by atoms with van der Waals surface area (Å²) in [6, 6.07) is 10.7. The zero-order chi connectivity index (χ0) is 31.0. The van der Waals surface area contributed by atoms with Crippen LogP contribution in [-0.4, -0.2) is 49.6 Å². The van der Waals surface area contributed by atoms with Crippen molar-refractivity contribution < 1.29 is 64.1 Å². The Morgan fingerprint density at radius 3 is 2.57 bits per heavy atom. The molecule has 5 N–H and O–H groups in total. The van der Waals surface area contributed by atoms with Crippen LogP contribution in [0.4, 0.5) is 23.0 Å². The zero-order valence-electron chi connectivity index (χ0n) is 21.3. The van der Waals surface area contributed by atoms with Crippen LogP contribution < -0.4 is 5.32 Å². The van der Waals surface area contributed by atoms with E-state index in [9.17, 15) is 18.6 Å². The first-order valence-corrected chi connectivity index (χ1v) is 15.5. The van der Waals surface area contributed by atoms with Crippen molar-refractivity contribution in [2.75, 3.05) is 11.6 Å². The van der Waals surface area contributed by atoms with Gasteiger partial charge in [-0.15, -0.1) is 14.6 Å². The van der Waals surface area contributed by atoms with E-state index in [4.69, 9.17) is 21.4 Å². The topological polar surface area (TPSA) is 227 Å². The van der Waals surface area contributed by atoms with Crippen LogP contribution >= 0.6 is 47.2 Å². The minimum atomic E-state index is -4.81. The van der Waals surface area contributed by atoms with E-state index >= 15 is 0 Å². The normalized spacial score (nSPS) is 11.2. The molecule has 0 unspecified atom stereocenters. The van der Waals surface area contributed by atoms with Gasteiger partial charge in [0.15, 0.2) is 17.0 Å². The summed E-state index contributed by atoms with van der Waals surface area (Å²) < 4.78 is 37.3. The number of aromatic hydroxyl groups is 2. The van der Waals surface area contributed by atoms with E-state index in [2.05, 4.69) is 54.3 Å². The molecule has 0 amide bonds. The largest absolute Gasteiger partial charge is 0.506 e. The second-order valence-electron chi connectivity index (χ2n) is 7.51. The molecule has 1 heterocycles. The minimum absolute atomic E-state index is 0. The van der Waals surface area contributed by atoms with Crippen LogP contribution in [0, 0.1) is 11.4 Å². The molecule has 1 aromatic heterocycles. The van der Waals surface area contributed by atoms with Crippen LogP contribution in [0.5, 0.6) is 11.5 Å². The van der Waals surface area contributed by atoms with E-state index < -0.39 is 10.4 Å². The molecule has 3 aromatic carbocycles. The van der Waals surface area contributed by atoms with Gasteiger partial charge in [0.1, 0.15) is 17.1 Å². The minimum Gasteiger partial charge on any atom is -0.506 e. The van der Waals surface area contributed by atoms with E-state index in [1.807, 2.05) is 6.11 Å². The van der Waals surface area contributed by atoms with Crippen molar-refractivity contribution in [3.8, 4) is 22.9 Å².